The van der Waals surface area contributed by atoms with Crippen LogP contribution in [-0.4, -0.2) is 12.2 Å². The summed E-state index contributed by atoms with van der Waals surface area (Å²) in [5.74, 6) is 1.67. The van der Waals surface area contributed by atoms with E-state index in [2.05, 4.69) is 48.5 Å². The van der Waals surface area contributed by atoms with Gasteiger partial charge < -0.3 is 9.84 Å². The first-order valence-electron chi connectivity index (χ1n) is 7.35. The van der Waals surface area contributed by atoms with Crippen LogP contribution in [0.1, 0.15) is 59.9 Å². The van der Waals surface area contributed by atoms with Crippen molar-refractivity contribution in [2.45, 2.75) is 54.4 Å². The Morgan fingerprint density at radius 3 is 1.95 bits per heavy atom. The van der Waals surface area contributed by atoms with Gasteiger partial charge in [-0.3, -0.25) is 0 Å². The highest BCUT2D eigenvalue weighted by Crippen LogP contribution is 2.48. The number of rotatable bonds is 3. The fraction of sp³-hybridized carbons (Fsp3) is 0.667. The minimum absolute atomic E-state index is 0.148. The van der Waals surface area contributed by atoms with E-state index in [1.54, 1.807) is 13.2 Å². The Bertz CT molecular complexity index is 449. The number of ether oxygens (including phenoxy) is 1. The van der Waals surface area contributed by atoms with Gasteiger partial charge >= 0.3 is 0 Å². The van der Waals surface area contributed by atoms with Crippen molar-refractivity contribution in [2.24, 2.45) is 16.7 Å². The average molecular weight is 278 g/mol. The minimum Gasteiger partial charge on any atom is -0.504 e. The SMILES string of the molecule is COc1cc(C(C(C)C(C)(C)C)C(C)(C)C)ccc1O. The molecule has 0 aliphatic rings. The van der Waals surface area contributed by atoms with Crippen LogP contribution in [0.5, 0.6) is 11.5 Å². The summed E-state index contributed by atoms with van der Waals surface area (Å²) in [4.78, 5) is 0. The van der Waals surface area contributed by atoms with Crippen molar-refractivity contribution >= 4 is 0 Å². The fourth-order valence-corrected chi connectivity index (χ4v) is 2.93. The summed E-state index contributed by atoms with van der Waals surface area (Å²) in [7, 11) is 1.60. The molecule has 0 heterocycles. The molecule has 0 saturated carbocycles. The first-order valence-corrected chi connectivity index (χ1v) is 7.35. The Morgan fingerprint density at radius 2 is 1.55 bits per heavy atom. The third-order valence-corrected chi connectivity index (χ3v) is 4.36. The van der Waals surface area contributed by atoms with E-state index in [4.69, 9.17) is 4.74 Å². The predicted molar refractivity (Wildman–Crippen MR) is 85.5 cm³/mol. The van der Waals surface area contributed by atoms with Crippen LogP contribution < -0.4 is 4.74 Å². The number of methoxy groups -OCH3 is 1. The molecule has 0 bridgehead atoms. The van der Waals surface area contributed by atoms with Crippen LogP contribution in [-0.2, 0) is 0 Å². The van der Waals surface area contributed by atoms with Crippen molar-refractivity contribution in [3.63, 3.8) is 0 Å². The third-order valence-electron chi connectivity index (χ3n) is 4.36. The van der Waals surface area contributed by atoms with Gasteiger partial charge in [-0.25, -0.2) is 0 Å². The molecule has 1 aromatic rings. The zero-order valence-corrected chi connectivity index (χ0v) is 14.2. The molecule has 2 unspecified atom stereocenters. The maximum atomic E-state index is 9.79. The van der Waals surface area contributed by atoms with Crippen LogP contribution in [0.3, 0.4) is 0 Å². The summed E-state index contributed by atoms with van der Waals surface area (Å²) in [5, 5.41) is 9.79. The lowest BCUT2D eigenvalue weighted by Gasteiger charge is -2.42. The third kappa shape index (κ3) is 3.68. The molecule has 0 radical (unpaired) electrons. The molecule has 0 fully saturated rings. The molecule has 2 atom stereocenters. The fourth-order valence-electron chi connectivity index (χ4n) is 2.93. The van der Waals surface area contributed by atoms with E-state index >= 15 is 0 Å². The van der Waals surface area contributed by atoms with Gasteiger partial charge in [0.05, 0.1) is 7.11 Å². The highest BCUT2D eigenvalue weighted by Gasteiger charge is 2.37. The summed E-state index contributed by atoms with van der Waals surface area (Å²) in [6.07, 6.45) is 0. The Hall–Kier alpha value is -1.18. The van der Waals surface area contributed by atoms with Crippen LogP contribution in [0.4, 0.5) is 0 Å². The van der Waals surface area contributed by atoms with E-state index in [1.165, 1.54) is 5.56 Å². The van der Waals surface area contributed by atoms with Crippen molar-refractivity contribution in [1.29, 1.82) is 0 Å². The van der Waals surface area contributed by atoms with E-state index in [1.807, 2.05) is 12.1 Å². The average Bonchev–Trinajstić information content (AvgIpc) is 2.28. The van der Waals surface area contributed by atoms with Crippen LogP contribution in [0.25, 0.3) is 0 Å². The number of hydrogen-bond acceptors (Lipinski definition) is 2. The van der Waals surface area contributed by atoms with Gasteiger partial charge in [0.2, 0.25) is 0 Å². The van der Waals surface area contributed by atoms with E-state index in [0.29, 0.717) is 17.6 Å². The van der Waals surface area contributed by atoms with E-state index < -0.39 is 0 Å². The highest BCUT2D eigenvalue weighted by atomic mass is 16.5. The molecule has 0 amide bonds. The molecular weight excluding hydrogens is 248 g/mol. The maximum absolute atomic E-state index is 9.79. The van der Waals surface area contributed by atoms with Crippen LogP contribution in [0.15, 0.2) is 18.2 Å². The number of phenolic OH excluding ortho intramolecular Hbond substituents is 1. The lowest BCUT2D eigenvalue weighted by Crippen LogP contribution is -2.32. The normalized spacial score (nSPS) is 15.8. The maximum Gasteiger partial charge on any atom is 0.160 e. The number of benzene rings is 1. The second-order valence-electron chi connectivity index (χ2n) is 7.93. The lowest BCUT2D eigenvalue weighted by molar-refractivity contribution is 0.141. The number of aromatic hydroxyl groups is 1. The van der Waals surface area contributed by atoms with Crippen LogP contribution in [0, 0.1) is 16.7 Å². The summed E-state index contributed by atoms with van der Waals surface area (Å²) in [6.45, 7) is 16.0. The largest absolute Gasteiger partial charge is 0.504 e. The van der Waals surface area contributed by atoms with E-state index in [9.17, 15) is 5.11 Å². The van der Waals surface area contributed by atoms with Crippen molar-refractivity contribution in [1.82, 2.24) is 0 Å². The highest BCUT2D eigenvalue weighted by molar-refractivity contribution is 5.43. The van der Waals surface area contributed by atoms with E-state index in [0.717, 1.165) is 0 Å². The standard InChI is InChI=1S/C18H30O2/c1-12(17(2,3)4)16(18(5,6)7)13-9-10-14(19)15(11-13)20-8/h9-12,16,19H,1-8H3. The van der Waals surface area contributed by atoms with Crippen molar-refractivity contribution < 1.29 is 9.84 Å². The van der Waals surface area contributed by atoms with Crippen LogP contribution in [0.2, 0.25) is 0 Å². The lowest BCUT2D eigenvalue weighted by atomic mass is 9.62. The molecule has 1 aromatic carbocycles. The second kappa shape index (κ2) is 5.67. The van der Waals surface area contributed by atoms with Gasteiger partial charge in [-0.15, -0.1) is 0 Å². The van der Waals surface area contributed by atoms with Crippen molar-refractivity contribution in [3.8, 4) is 11.5 Å². The van der Waals surface area contributed by atoms with Gasteiger partial charge in [-0.05, 0) is 40.4 Å². The van der Waals surface area contributed by atoms with Gasteiger partial charge in [-0.2, -0.15) is 0 Å². The van der Waals surface area contributed by atoms with Gasteiger partial charge in [0.15, 0.2) is 11.5 Å². The molecule has 2 heteroatoms. The molecule has 0 aliphatic carbocycles. The molecule has 1 rings (SSSR count). The Balaban J connectivity index is 3.32. The topological polar surface area (TPSA) is 29.5 Å². The summed E-state index contributed by atoms with van der Waals surface area (Å²) >= 11 is 0. The van der Waals surface area contributed by atoms with Crippen LogP contribution >= 0.6 is 0 Å². The van der Waals surface area contributed by atoms with Gasteiger partial charge in [0, 0.05) is 0 Å². The second-order valence-corrected chi connectivity index (χ2v) is 7.93. The zero-order chi connectivity index (χ0) is 15.7. The Kier molecular flexibility index (Phi) is 4.78. The molecule has 0 aromatic heterocycles. The molecule has 2 nitrogen and oxygen atoms in total. The van der Waals surface area contributed by atoms with Gasteiger partial charge in [0.25, 0.3) is 0 Å². The molecule has 114 valence electrons. The van der Waals surface area contributed by atoms with E-state index in [-0.39, 0.29) is 16.6 Å². The first kappa shape index (κ1) is 16.9. The minimum atomic E-state index is 0.148. The quantitative estimate of drug-likeness (QED) is 0.822. The molecule has 1 N–H and O–H groups in total. The van der Waals surface area contributed by atoms with Crippen molar-refractivity contribution in [2.75, 3.05) is 7.11 Å². The molecule has 0 aliphatic heterocycles. The summed E-state index contributed by atoms with van der Waals surface area (Å²) in [6, 6.07) is 5.74. The van der Waals surface area contributed by atoms with Gasteiger partial charge in [-0.1, -0.05) is 54.5 Å². The number of phenols is 1. The Labute approximate surface area is 124 Å². The summed E-state index contributed by atoms with van der Waals surface area (Å²) < 4.78 is 5.26. The summed E-state index contributed by atoms with van der Waals surface area (Å²) in [5.41, 5.74) is 1.60. The Morgan fingerprint density at radius 1 is 1.00 bits per heavy atom. The zero-order valence-electron chi connectivity index (χ0n) is 14.2. The van der Waals surface area contributed by atoms with Gasteiger partial charge in [0.1, 0.15) is 0 Å². The predicted octanol–water partition coefficient (Wildman–Crippen LogP) is 5.21. The smallest absolute Gasteiger partial charge is 0.160 e. The molecular formula is C18H30O2. The number of hydrogen-bond donors (Lipinski definition) is 1. The van der Waals surface area contributed by atoms with Crippen molar-refractivity contribution in [3.05, 3.63) is 23.8 Å². The molecule has 20 heavy (non-hydrogen) atoms. The molecule has 0 spiro atoms. The monoisotopic (exact) mass is 278 g/mol. The molecule has 0 saturated heterocycles. The first-order chi connectivity index (χ1) is 8.98.